The van der Waals surface area contributed by atoms with Crippen LogP contribution in [0.3, 0.4) is 0 Å². The number of primary amides is 1. The van der Waals surface area contributed by atoms with Crippen LogP contribution in [0.25, 0.3) is 0 Å². The van der Waals surface area contributed by atoms with Gasteiger partial charge in [0.05, 0.1) is 0 Å². The second-order valence-electron chi connectivity index (χ2n) is 7.55. The van der Waals surface area contributed by atoms with E-state index in [1.165, 1.54) is 6.42 Å². The largest absolute Gasteiger partial charge is 0.368 e. The van der Waals surface area contributed by atoms with E-state index in [1.54, 1.807) is 6.92 Å². The quantitative estimate of drug-likeness (QED) is 0.796. The lowest BCUT2D eigenvalue weighted by Gasteiger charge is -2.43. The molecule has 0 aromatic carbocycles. The average Bonchev–Trinajstić information content (AvgIpc) is 3.05. The van der Waals surface area contributed by atoms with E-state index in [-0.39, 0.29) is 17.4 Å². The van der Waals surface area contributed by atoms with Gasteiger partial charge in [-0.3, -0.25) is 19.4 Å². The summed E-state index contributed by atoms with van der Waals surface area (Å²) >= 11 is 0. The molecule has 0 unspecified atom stereocenters. The lowest BCUT2D eigenvalue weighted by molar-refractivity contribution is -0.132. The highest BCUT2D eigenvalue weighted by Gasteiger charge is 2.52. The molecule has 3 fully saturated rings. The predicted molar refractivity (Wildman–Crippen MR) is 88.8 cm³/mol. The fourth-order valence-electron chi connectivity index (χ4n) is 4.88. The van der Waals surface area contributed by atoms with Crippen LogP contribution in [0.4, 0.5) is 0 Å². The number of fused-ring (bicyclic) bond motifs is 2. The molecule has 6 nitrogen and oxygen atoms in total. The summed E-state index contributed by atoms with van der Waals surface area (Å²) in [6.07, 6.45) is 6.33. The van der Waals surface area contributed by atoms with Crippen LogP contribution < -0.4 is 5.73 Å². The van der Waals surface area contributed by atoms with E-state index in [2.05, 4.69) is 9.80 Å². The van der Waals surface area contributed by atoms with Crippen LogP contribution in [0, 0.1) is 0 Å². The Labute approximate surface area is 139 Å². The first-order valence-electron chi connectivity index (χ1n) is 8.96. The van der Waals surface area contributed by atoms with Crippen molar-refractivity contribution in [3.05, 3.63) is 0 Å². The summed E-state index contributed by atoms with van der Waals surface area (Å²) in [6.45, 7) is 5.49. The highest BCUT2D eigenvalue weighted by Crippen LogP contribution is 2.43. The van der Waals surface area contributed by atoms with Crippen LogP contribution in [-0.2, 0) is 9.59 Å². The second-order valence-corrected chi connectivity index (χ2v) is 7.55. The molecule has 0 aromatic rings. The molecule has 23 heavy (non-hydrogen) atoms. The minimum Gasteiger partial charge on any atom is -0.368 e. The first-order chi connectivity index (χ1) is 10.9. The van der Waals surface area contributed by atoms with Crippen LogP contribution in [0.5, 0.6) is 0 Å². The van der Waals surface area contributed by atoms with Gasteiger partial charge in [0.15, 0.2) is 0 Å². The molecule has 3 atom stereocenters. The van der Waals surface area contributed by atoms with E-state index in [0.717, 1.165) is 58.3 Å². The molecule has 2 N–H and O–H groups in total. The molecule has 0 radical (unpaired) electrons. The number of rotatable bonds is 5. The number of carbonyl (C=O) groups excluding carboxylic acids is 2. The van der Waals surface area contributed by atoms with Crippen LogP contribution >= 0.6 is 0 Å². The third kappa shape index (κ3) is 2.98. The Morgan fingerprint density at radius 1 is 1.22 bits per heavy atom. The molecule has 6 heteroatoms. The number of likely N-dealkylation sites (tertiary alicyclic amines) is 1. The molecule has 130 valence electrons. The standard InChI is InChI=1S/C17H30N4O2/c1-13(22)19(2)15-6-9-20(12-15)10-11-21-14-4-3-7-17(21,8-5-14)16(18)23/h14-15H,3-12H2,1-2H3,(H2,18,23)/t14-,15-,17+/m1/s1. The fraction of sp³-hybridized carbons (Fsp3) is 0.882. The van der Waals surface area contributed by atoms with Crippen molar-refractivity contribution >= 4 is 11.8 Å². The van der Waals surface area contributed by atoms with Crippen molar-refractivity contribution in [1.29, 1.82) is 0 Å². The monoisotopic (exact) mass is 322 g/mol. The fourth-order valence-corrected chi connectivity index (χ4v) is 4.88. The molecular weight excluding hydrogens is 292 g/mol. The first kappa shape index (κ1) is 16.7. The van der Waals surface area contributed by atoms with Gasteiger partial charge in [0, 0.05) is 52.2 Å². The smallest absolute Gasteiger partial charge is 0.237 e. The molecule has 3 aliphatic heterocycles. The maximum atomic E-state index is 12.1. The summed E-state index contributed by atoms with van der Waals surface area (Å²) in [7, 11) is 1.89. The molecule has 0 aliphatic carbocycles. The molecule has 3 aliphatic rings. The van der Waals surface area contributed by atoms with E-state index in [1.807, 2.05) is 11.9 Å². The summed E-state index contributed by atoms with van der Waals surface area (Å²) in [4.78, 5) is 30.3. The topological polar surface area (TPSA) is 69.9 Å². The number of nitrogens with zero attached hydrogens (tertiary/aromatic N) is 3. The summed E-state index contributed by atoms with van der Waals surface area (Å²) in [5.74, 6) is 0.00826. The van der Waals surface area contributed by atoms with Gasteiger partial charge in [-0.05, 0) is 38.5 Å². The summed E-state index contributed by atoms with van der Waals surface area (Å²) in [5, 5.41) is 0. The molecule has 0 saturated carbocycles. The van der Waals surface area contributed by atoms with Crippen LogP contribution in [0.15, 0.2) is 0 Å². The van der Waals surface area contributed by atoms with Crippen LogP contribution in [0.1, 0.15) is 45.4 Å². The van der Waals surface area contributed by atoms with Crippen molar-refractivity contribution in [3.8, 4) is 0 Å². The zero-order chi connectivity index (χ0) is 16.6. The van der Waals surface area contributed by atoms with Crippen LogP contribution in [0.2, 0.25) is 0 Å². The van der Waals surface area contributed by atoms with Crippen molar-refractivity contribution < 1.29 is 9.59 Å². The maximum Gasteiger partial charge on any atom is 0.237 e. The van der Waals surface area contributed by atoms with Crippen molar-refractivity contribution in [1.82, 2.24) is 14.7 Å². The summed E-state index contributed by atoms with van der Waals surface area (Å²) in [6, 6.07) is 0.866. The first-order valence-corrected chi connectivity index (χ1v) is 8.96. The Bertz CT molecular complexity index is 479. The number of hydrogen-bond donors (Lipinski definition) is 1. The van der Waals surface area contributed by atoms with Gasteiger partial charge in [0.2, 0.25) is 11.8 Å². The van der Waals surface area contributed by atoms with E-state index in [0.29, 0.717) is 12.1 Å². The lowest BCUT2D eigenvalue weighted by atomic mass is 9.87. The van der Waals surface area contributed by atoms with Gasteiger partial charge in [-0.15, -0.1) is 0 Å². The molecule has 2 amide bonds. The highest BCUT2D eigenvalue weighted by atomic mass is 16.2. The Morgan fingerprint density at radius 2 is 2.00 bits per heavy atom. The average molecular weight is 322 g/mol. The molecule has 3 heterocycles. The Morgan fingerprint density at radius 3 is 2.70 bits per heavy atom. The number of hydrogen-bond acceptors (Lipinski definition) is 4. The van der Waals surface area contributed by atoms with Gasteiger partial charge in [-0.25, -0.2) is 0 Å². The van der Waals surface area contributed by atoms with Crippen molar-refractivity contribution in [2.75, 3.05) is 33.2 Å². The molecular formula is C17H30N4O2. The molecule has 0 spiro atoms. The van der Waals surface area contributed by atoms with Gasteiger partial charge in [-0.2, -0.15) is 0 Å². The van der Waals surface area contributed by atoms with Gasteiger partial charge in [-0.1, -0.05) is 0 Å². The number of amides is 2. The SMILES string of the molecule is CC(=O)N(C)[C@@H]1CCN(CCN2[C@@H]3CCC[C@@]2(C(N)=O)CC3)C1. The zero-order valence-corrected chi connectivity index (χ0v) is 14.5. The van der Waals surface area contributed by atoms with Crippen molar-refractivity contribution in [3.63, 3.8) is 0 Å². The number of nitrogens with two attached hydrogens (primary N) is 1. The minimum atomic E-state index is -0.377. The van der Waals surface area contributed by atoms with Gasteiger partial charge in [0.25, 0.3) is 0 Å². The maximum absolute atomic E-state index is 12.1. The minimum absolute atomic E-state index is 0.129. The molecule has 2 bridgehead atoms. The molecule has 0 aromatic heterocycles. The van der Waals surface area contributed by atoms with Gasteiger partial charge < -0.3 is 10.6 Å². The highest BCUT2D eigenvalue weighted by molar-refractivity contribution is 5.85. The summed E-state index contributed by atoms with van der Waals surface area (Å²) < 4.78 is 0. The number of likely N-dealkylation sites (N-methyl/N-ethyl adjacent to an activating group) is 1. The van der Waals surface area contributed by atoms with E-state index in [9.17, 15) is 9.59 Å². The third-order valence-corrected chi connectivity index (χ3v) is 6.42. The Hall–Kier alpha value is -1.14. The van der Waals surface area contributed by atoms with Crippen molar-refractivity contribution in [2.45, 2.75) is 63.1 Å². The zero-order valence-electron chi connectivity index (χ0n) is 14.5. The number of carbonyl (C=O) groups is 2. The van der Waals surface area contributed by atoms with E-state index >= 15 is 0 Å². The van der Waals surface area contributed by atoms with E-state index < -0.39 is 0 Å². The van der Waals surface area contributed by atoms with Gasteiger partial charge in [0.1, 0.15) is 5.54 Å². The second kappa shape index (κ2) is 6.40. The Balaban J connectivity index is 1.56. The van der Waals surface area contributed by atoms with Crippen molar-refractivity contribution in [2.24, 2.45) is 5.73 Å². The predicted octanol–water partition coefficient (Wildman–Crippen LogP) is 0.411. The normalized spacial score (nSPS) is 34.7. The van der Waals surface area contributed by atoms with E-state index in [4.69, 9.17) is 5.73 Å². The lowest BCUT2D eigenvalue weighted by Crippen LogP contribution is -2.59. The number of piperidine rings is 1. The Kier molecular flexibility index (Phi) is 4.65. The third-order valence-electron chi connectivity index (χ3n) is 6.42. The van der Waals surface area contributed by atoms with Crippen LogP contribution in [-0.4, -0.2) is 77.4 Å². The van der Waals surface area contributed by atoms with Gasteiger partial charge >= 0.3 is 0 Å². The molecule has 3 rings (SSSR count). The summed E-state index contributed by atoms with van der Waals surface area (Å²) in [5.41, 5.74) is 5.39. The molecule has 3 saturated heterocycles.